The number of aromatic nitrogens is 2. The predicted octanol–water partition coefficient (Wildman–Crippen LogP) is 3.82. The molecule has 11 heteroatoms. The number of rotatable bonds is 7. The van der Waals surface area contributed by atoms with Crippen LogP contribution in [-0.4, -0.2) is 69.8 Å². The zero-order valence-corrected chi connectivity index (χ0v) is 21.9. The number of allylic oxidation sites excluding steroid dienone is 1. The van der Waals surface area contributed by atoms with Gasteiger partial charge in [-0.05, 0) is 37.4 Å². The van der Waals surface area contributed by atoms with Crippen LogP contribution >= 0.6 is 0 Å². The molecule has 0 bridgehead atoms. The largest absolute Gasteiger partial charge is 0.367 e. The van der Waals surface area contributed by atoms with E-state index in [4.69, 9.17) is 0 Å². The molecule has 37 heavy (non-hydrogen) atoms. The number of anilines is 6. The van der Waals surface area contributed by atoms with Gasteiger partial charge in [0, 0.05) is 50.9 Å². The second-order valence-corrected chi connectivity index (χ2v) is 11.3. The smallest absolute Gasteiger partial charge is 0.232 e. The number of nitrogens with zero attached hydrogens (tertiary/aromatic N) is 5. The van der Waals surface area contributed by atoms with E-state index in [0.717, 1.165) is 43.7 Å². The van der Waals surface area contributed by atoms with Crippen LogP contribution in [-0.2, 0) is 16.4 Å². The first-order chi connectivity index (χ1) is 17.7. The molecule has 1 aliphatic heterocycles. The van der Waals surface area contributed by atoms with Crippen molar-refractivity contribution in [3.05, 3.63) is 65.6 Å². The Balaban J connectivity index is 1.41. The van der Waals surface area contributed by atoms with Crippen molar-refractivity contribution in [3.8, 4) is 0 Å². The molecule has 5 rings (SSSR count). The van der Waals surface area contributed by atoms with Crippen molar-refractivity contribution < 1.29 is 12.8 Å². The number of hydrogen-bond acceptors (Lipinski definition) is 8. The van der Waals surface area contributed by atoms with Crippen molar-refractivity contribution in [3.63, 3.8) is 0 Å². The second-order valence-electron chi connectivity index (χ2n) is 9.32. The molecule has 2 heterocycles. The van der Waals surface area contributed by atoms with Crippen LogP contribution in [0.2, 0.25) is 0 Å². The molecule has 0 amide bonds. The Hall–Kier alpha value is -3.70. The molecule has 0 unspecified atom stereocenters. The van der Waals surface area contributed by atoms with Crippen LogP contribution in [0.3, 0.4) is 0 Å². The summed E-state index contributed by atoms with van der Waals surface area (Å²) in [5.41, 5.74) is 3.87. The van der Waals surface area contributed by atoms with Crippen LogP contribution in [0.1, 0.15) is 11.3 Å². The molecule has 1 fully saturated rings. The zero-order valence-electron chi connectivity index (χ0n) is 21.1. The molecule has 0 atom stereocenters. The molecule has 1 aliphatic carbocycles. The van der Waals surface area contributed by atoms with E-state index in [9.17, 15) is 8.42 Å². The monoisotopic (exact) mass is 523 g/mol. The molecule has 0 spiro atoms. The minimum atomic E-state index is -3.46. The van der Waals surface area contributed by atoms with Gasteiger partial charge in [-0.3, -0.25) is 4.31 Å². The fourth-order valence-corrected chi connectivity index (χ4v) is 4.98. The van der Waals surface area contributed by atoms with E-state index in [-0.39, 0.29) is 5.82 Å². The highest BCUT2D eigenvalue weighted by molar-refractivity contribution is 7.92. The summed E-state index contributed by atoms with van der Waals surface area (Å²) in [6.07, 6.45) is 5.73. The summed E-state index contributed by atoms with van der Waals surface area (Å²) in [5.74, 6) is 0.559. The summed E-state index contributed by atoms with van der Waals surface area (Å²) in [4.78, 5) is 13.6. The maximum Gasteiger partial charge on any atom is 0.232 e. The number of nitrogens with one attached hydrogen (secondary N) is 2. The predicted molar refractivity (Wildman–Crippen MR) is 147 cm³/mol. The molecule has 1 aromatic heterocycles. The van der Waals surface area contributed by atoms with Gasteiger partial charge >= 0.3 is 0 Å². The number of fused-ring (bicyclic) bond motifs is 1. The fraction of sp³-hybridized carbons (Fsp3) is 0.308. The SMILES string of the molecule is CN1CCN(c2ccc(Nc3nc4c(c(Nc5ccccc5N(C)S(C)(=O)=O)n3)C=CC4)cc2F)CC1. The lowest BCUT2D eigenvalue weighted by Gasteiger charge is -2.34. The summed E-state index contributed by atoms with van der Waals surface area (Å²) < 4.78 is 40.6. The van der Waals surface area contributed by atoms with E-state index < -0.39 is 10.0 Å². The molecule has 0 saturated carbocycles. The minimum absolute atomic E-state index is 0.298. The number of hydrogen-bond donors (Lipinski definition) is 2. The lowest BCUT2D eigenvalue weighted by Crippen LogP contribution is -2.44. The topological polar surface area (TPSA) is 93.7 Å². The Morgan fingerprint density at radius 3 is 2.51 bits per heavy atom. The van der Waals surface area contributed by atoms with E-state index in [2.05, 4.69) is 37.4 Å². The molecule has 2 aliphatic rings. The summed E-state index contributed by atoms with van der Waals surface area (Å²) in [6, 6.07) is 12.2. The van der Waals surface area contributed by atoms with Gasteiger partial charge in [0.2, 0.25) is 16.0 Å². The Morgan fingerprint density at radius 2 is 1.78 bits per heavy atom. The summed E-state index contributed by atoms with van der Waals surface area (Å²) in [6.45, 7) is 3.36. The third-order valence-electron chi connectivity index (χ3n) is 6.66. The standard InChI is InChI=1S/C26H30FN7O2S/c1-32-13-15-34(16-14-32)23-12-11-18(17-20(23)27)28-26-30-21-9-6-7-19(21)25(31-26)29-22-8-4-5-10-24(22)33(2)37(3,35)36/h4-8,10-12,17H,9,13-16H2,1-3H3,(H2,28,29,30,31). The first-order valence-electron chi connectivity index (χ1n) is 12.1. The normalized spacial score (nSPS) is 15.5. The molecular weight excluding hydrogens is 493 g/mol. The molecule has 194 valence electrons. The Morgan fingerprint density at radius 1 is 1.03 bits per heavy atom. The van der Waals surface area contributed by atoms with Crippen LogP contribution in [0, 0.1) is 5.82 Å². The lowest BCUT2D eigenvalue weighted by atomic mass is 10.2. The number of sulfonamides is 1. The van der Waals surface area contributed by atoms with Crippen LogP contribution < -0.4 is 19.8 Å². The van der Waals surface area contributed by atoms with E-state index in [0.29, 0.717) is 40.9 Å². The average molecular weight is 524 g/mol. The number of piperazine rings is 1. The third kappa shape index (κ3) is 5.37. The number of likely N-dealkylation sites (N-methyl/N-ethyl adjacent to an activating group) is 1. The quantitative estimate of drug-likeness (QED) is 0.483. The van der Waals surface area contributed by atoms with E-state index in [1.807, 2.05) is 24.3 Å². The van der Waals surface area contributed by atoms with Crippen molar-refractivity contribution >= 4 is 50.6 Å². The number of halogens is 1. The van der Waals surface area contributed by atoms with Gasteiger partial charge in [-0.25, -0.2) is 17.8 Å². The molecular formula is C26H30FN7O2S. The van der Waals surface area contributed by atoms with Crippen molar-refractivity contribution in [2.45, 2.75) is 6.42 Å². The molecule has 3 aromatic rings. The van der Waals surface area contributed by atoms with Crippen LogP contribution in [0.5, 0.6) is 0 Å². The first-order valence-corrected chi connectivity index (χ1v) is 13.9. The fourth-order valence-electron chi connectivity index (χ4n) is 4.46. The van der Waals surface area contributed by atoms with Gasteiger partial charge in [-0.1, -0.05) is 24.3 Å². The van der Waals surface area contributed by atoms with Gasteiger partial charge in [0.05, 0.1) is 29.0 Å². The highest BCUT2D eigenvalue weighted by atomic mass is 32.2. The van der Waals surface area contributed by atoms with Crippen molar-refractivity contribution in [2.75, 3.05) is 66.4 Å². The zero-order chi connectivity index (χ0) is 26.2. The van der Waals surface area contributed by atoms with Crippen molar-refractivity contribution in [2.24, 2.45) is 0 Å². The number of para-hydroxylation sites is 2. The average Bonchev–Trinajstić information content (AvgIpc) is 3.33. The molecule has 2 N–H and O–H groups in total. The summed E-state index contributed by atoms with van der Waals surface area (Å²) in [5, 5.41) is 6.42. The highest BCUT2D eigenvalue weighted by Gasteiger charge is 2.21. The summed E-state index contributed by atoms with van der Waals surface area (Å²) in [7, 11) is 0.119. The van der Waals surface area contributed by atoms with Crippen LogP contribution in [0.15, 0.2) is 48.5 Å². The Labute approximate surface area is 216 Å². The van der Waals surface area contributed by atoms with Gasteiger partial charge < -0.3 is 20.4 Å². The highest BCUT2D eigenvalue weighted by Crippen LogP contribution is 2.34. The van der Waals surface area contributed by atoms with Crippen molar-refractivity contribution in [1.29, 1.82) is 0 Å². The van der Waals surface area contributed by atoms with E-state index in [1.165, 1.54) is 17.4 Å². The molecule has 2 aromatic carbocycles. The maximum absolute atomic E-state index is 15.0. The molecule has 1 saturated heterocycles. The van der Waals surface area contributed by atoms with Crippen LogP contribution in [0.25, 0.3) is 6.08 Å². The lowest BCUT2D eigenvalue weighted by molar-refractivity contribution is 0.311. The van der Waals surface area contributed by atoms with E-state index in [1.54, 1.807) is 24.3 Å². The van der Waals surface area contributed by atoms with Gasteiger partial charge in [0.1, 0.15) is 11.6 Å². The van der Waals surface area contributed by atoms with E-state index >= 15 is 4.39 Å². The van der Waals surface area contributed by atoms with Gasteiger partial charge in [-0.2, -0.15) is 4.98 Å². The van der Waals surface area contributed by atoms with Gasteiger partial charge in [0.15, 0.2) is 0 Å². The molecule has 0 radical (unpaired) electrons. The third-order valence-corrected chi connectivity index (χ3v) is 7.85. The Bertz CT molecular complexity index is 1450. The maximum atomic E-state index is 15.0. The molecule has 9 nitrogen and oxygen atoms in total. The summed E-state index contributed by atoms with van der Waals surface area (Å²) >= 11 is 0. The first kappa shape index (κ1) is 25.0. The van der Waals surface area contributed by atoms with Crippen molar-refractivity contribution in [1.82, 2.24) is 14.9 Å². The second kappa shape index (κ2) is 9.98. The Kier molecular flexibility index (Phi) is 6.74. The van der Waals surface area contributed by atoms with Crippen LogP contribution in [0.4, 0.5) is 38.9 Å². The van der Waals surface area contributed by atoms with Gasteiger partial charge in [-0.15, -0.1) is 0 Å². The minimum Gasteiger partial charge on any atom is -0.367 e. The number of benzene rings is 2. The van der Waals surface area contributed by atoms with Gasteiger partial charge in [0.25, 0.3) is 0 Å².